The maximum absolute atomic E-state index is 13.8. The average molecular weight is 512 g/mol. The number of hydrogen-bond acceptors (Lipinski definition) is 6. The van der Waals surface area contributed by atoms with Gasteiger partial charge in [0.25, 0.3) is 11.6 Å². The van der Waals surface area contributed by atoms with E-state index in [1.807, 2.05) is 67.3 Å². The summed E-state index contributed by atoms with van der Waals surface area (Å²) in [6.07, 6.45) is 0. The topological polar surface area (TPSA) is 93.7 Å². The van der Waals surface area contributed by atoms with Crippen LogP contribution < -0.4 is 9.64 Å². The van der Waals surface area contributed by atoms with Gasteiger partial charge in [-0.3, -0.25) is 14.9 Å². The van der Waals surface area contributed by atoms with Gasteiger partial charge in [-0.05, 0) is 73.5 Å². The number of ether oxygens (including phenoxy) is 1. The zero-order valence-electron chi connectivity index (χ0n) is 21.6. The highest BCUT2D eigenvalue weighted by atomic mass is 16.6. The quantitative estimate of drug-likeness (QED) is 0.266. The minimum absolute atomic E-state index is 0.0648. The number of nitro benzene ring substituents is 1. The summed E-state index contributed by atoms with van der Waals surface area (Å²) in [5, 5.41) is 15.8. The van der Waals surface area contributed by atoms with Crippen LogP contribution in [-0.2, 0) is 0 Å². The number of non-ortho nitro benzene ring substituents is 1. The minimum atomic E-state index is -0.403. The lowest BCUT2D eigenvalue weighted by molar-refractivity contribution is -0.384. The number of nitrogens with zero attached hydrogens (tertiary/aromatic N) is 5. The van der Waals surface area contributed by atoms with E-state index < -0.39 is 4.92 Å². The molecule has 9 heteroatoms. The summed E-state index contributed by atoms with van der Waals surface area (Å²) in [5.41, 5.74) is 6.07. The van der Waals surface area contributed by atoms with Crippen molar-refractivity contribution in [1.29, 1.82) is 0 Å². The Morgan fingerprint density at radius 2 is 1.61 bits per heavy atom. The van der Waals surface area contributed by atoms with Gasteiger partial charge in [0.15, 0.2) is 0 Å². The van der Waals surface area contributed by atoms with Gasteiger partial charge in [0.2, 0.25) is 0 Å². The highest BCUT2D eigenvalue weighted by molar-refractivity contribution is 5.94. The van der Waals surface area contributed by atoms with Crippen LogP contribution >= 0.6 is 0 Å². The van der Waals surface area contributed by atoms with E-state index in [4.69, 9.17) is 9.84 Å². The molecule has 4 aromatic rings. The first-order valence-electron chi connectivity index (χ1n) is 12.4. The lowest BCUT2D eigenvalue weighted by Gasteiger charge is -2.36. The number of benzene rings is 3. The second kappa shape index (κ2) is 10.4. The Morgan fingerprint density at radius 1 is 0.921 bits per heavy atom. The van der Waals surface area contributed by atoms with Crippen LogP contribution in [0.15, 0.2) is 72.8 Å². The molecule has 38 heavy (non-hydrogen) atoms. The van der Waals surface area contributed by atoms with E-state index >= 15 is 0 Å². The molecule has 1 aromatic heterocycles. The third-order valence-corrected chi connectivity index (χ3v) is 6.90. The van der Waals surface area contributed by atoms with E-state index in [0.717, 1.165) is 33.8 Å². The monoisotopic (exact) mass is 511 g/mol. The van der Waals surface area contributed by atoms with E-state index in [1.54, 1.807) is 23.9 Å². The predicted molar refractivity (Wildman–Crippen MR) is 146 cm³/mol. The van der Waals surface area contributed by atoms with Gasteiger partial charge < -0.3 is 14.5 Å². The molecule has 2 heterocycles. The molecule has 1 fully saturated rings. The molecule has 9 nitrogen and oxygen atoms in total. The summed E-state index contributed by atoms with van der Waals surface area (Å²) in [4.78, 5) is 28.4. The van der Waals surface area contributed by atoms with E-state index in [9.17, 15) is 14.9 Å². The average Bonchev–Trinajstić information content (AvgIpc) is 3.39. The molecule has 0 atom stereocenters. The summed E-state index contributed by atoms with van der Waals surface area (Å²) in [7, 11) is 1.63. The number of nitro groups is 1. The van der Waals surface area contributed by atoms with Gasteiger partial charge in [-0.15, -0.1) is 0 Å². The van der Waals surface area contributed by atoms with Crippen molar-refractivity contribution in [3.63, 3.8) is 0 Å². The zero-order valence-corrected chi connectivity index (χ0v) is 21.6. The van der Waals surface area contributed by atoms with Crippen molar-refractivity contribution < 1.29 is 14.5 Å². The number of rotatable bonds is 6. The molecule has 0 radical (unpaired) electrons. The first kappa shape index (κ1) is 25.0. The number of piperazine rings is 1. The fourth-order valence-corrected chi connectivity index (χ4v) is 4.68. The molecule has 3 aromatic carbocycles. The van der Waals surface area contributed by atoms with Crippen molar-refractivity contribution in [1.82, 2.24) is 14.7 Å². The summed E-state index contributed by atoms with van der Waals surface area (Å²) < 4.78 is 7.04. The molecule has 5 rings (SSSR count). The molecule has 0 bridgehead atoms. The van der Waals surface area contributed by atoms with Gasteiger partial charge in [-0.1, -0.05) is 12.1 Å². The molecule has 0 unspecified atom stereocenters. The van der Waals surface area contributed by atoms with Gasteiger partial charge in [-0.25, -0.2) is 4.68 Å². The van der Waals surface area contributed by atoms with Gasteiger partial charge >= 0.3 is 0 Å². The fourth-order valence-electron chi connectivity index (χ4n) is 4.68. The Bertz CT molecular complexity index is 1470. The van der Waals surface area contributed by atoms with Crippen LogP contribution in [0.4, 0.5) is 11.4 Å². The summed E-state index contributed by atoms with van der Waals surface area (Å²) in [6.45, 7) is 6.37. The van der Waals surface area contributed by atoms with Crippen LogP contribution in [0.2, 0.25) is 0 Å². The number of anilines is 1. The minimum Gasteiger partial charge on any atom is -0.497 e. The van der Waals surface area contributed by atoms with Crippen molar-refractivity contribution in [3.8, 4) is 22.7 Å². The Kier molecular flexibility index (Phi) is 6.83. The molecule has 0 aliphatic carbocycles. The normalized spacial score (nSPS) is 13.4. The van der Waals surface area contributed by atoms with Gasteiger partial charge in [0.1, 0.15) is 11.4 Å². The highest BCUT2D eigenvalue weighted by Crippen LogP contribution is 2.27. The van der Waals surface area contributed by atoms with Gasteiger partial charge in [-0.2, -0.15) is 5.10 Å². The second-order valence-electron chi connectivity index (χ2n) is 9.40. The van der Waals surface area contributed by atoms with Crippen LogP contribution in [0.5, 0.6) is 5.75 Å². The zero-order chi connectivity index (χ0) is 26.8. The van der Waals surface area contributed by atoms with E-state index in [1.165, 1.54) is 12.1 Å². The standard InChI is InChI=1S/C29H29N5O4/c1-20-4-5-21(2)27(18-20)33-28(19-26(30-33)22-6-12-25(38-3)13-7-22)29(35)32-16-14-31(15-17-32)23-8-10-24(11-9-23)34(36)37/h4-13,18-19H,14-17H2,1-3H3. The molecule has 1 amide bonds. The van der Waals surface area contributed by atoms with Crippen molar-refractivity contribution in [2.45, 2.75) is 13.8 Å². The molecule has 194 valence electrons. The number of aryl methyl sites for hydroxylation is 2. The summed E-state index contributed by atoms with van der Waals surface area (Å²) >= 11 is 0. The highest BCUT2D eigenvalue weighted by Gasteiger charge is 2.27. The molecule has 1 saturated heterocycles. The SMILES string of the molecule is COc1ccc(-c2cc(C(=O)N3CCN(c4ccc([N+](=O)[O-])cc4)CC3)n(-c3cc(C)ccc3C)n2)cc1. The lowest BCUT2D eigenvalue weighted by Crippen LogP contribution is -2.49. The van der Waals surface area contributed by atoms with Gasteiger partial charge in [0.05, 0.1) is 23.4 Å². The van der Waals surface area contributed by atoms with Crippen LogP contribution in [0, 0.1) is 24.0 Å². The second-order valence-corrected chi connectivity index (χ2v) is 9.40. The molecule has 1 aliphatic rings. The number of carbonyl (C=O) groups is 1. The Balaban J connectivity index is 1.42. The lowest BCUT2D eigenvalue weighted by atomic mass is 10.1. The first-order valence-corrected chi connectivity index (χ1v) is 12.4. The largest absolute Gasteiger partial charge is 0.497 e. The van der Waals surface area contributed by atoms with Crippen LogP contribution in [0.25, 0.3) is 16.9 Å². The van der Waals surface area contributed by atoms with Crippen molar-refractivity contribution >= 4 is 17.3 Å². The number of aromatic nitrogens is 2. The van der Waals surface area contributed by atoms with Crippen molar-refractivity contribution in [2.75, 3.05) is 38.2 Å². The first-order chi connectivity index (χ1) is 18.3. The van der Waals surface area contributed by atoms with Crippen LogP contribution in [0.1, 0.15) is 21.6 Å². The fraction of sp³-hybridized carbons (Fsp3) is 0.241. The van der Waals surface area contributed by atoms with Crippen molar-refractivity contribution in [2.24, 2.45) is 0 Å². The molecule has 0 saturated carbocycles. The Morgan fingerprint density at radius 3 is 2.24 bits per heavy atom. The maximum atomic E-state index is 13.8. The predicted octanol–water partition coefficient (Wildman–Crippen LogP) is 5.04. The van der Waals surface area contributed by atoms with Crippen molar-refractivity contribution in [3.05, 3.63) is 99.7 Å². The van der Waals surface area contributed by atoms with E-state index in [0.29, 0.717) is 37.6 Å². The number of hydrogen-bond donors (Lipinski definition) is 0. The molecule has 0 spiro atoms. The molecular formula is C29H29N5O4. The summed E-state index contributed by atoms with van der Waals surface area (Å²) in [5.74, 6) is 0.673. The van der Waals surface area contributed by atoms with Crippen LogP contribution in [0.3, 0.4) is 0 Å². The van der Waals surface area contributed by atoms with Gasteiger partial charge in [0, 0.05) is 49.6 Å². The molecule has 0 N–H and O–H groups in total. The van der Waals surface area contributed by atoms with E-state index in [-0.39, 0.29) is 11.6 Å². The Hall–Kier alpha value is -4.66. The van der Waals surface area contributed by atoms with E-state index in [2.05, 4.69) is 4.90 Å². The maximum Gasteiger partial charge on any atom is 0.272 e. The summed E-state index contributed by atoms with van der Waals surface area (Å²) in [6, 6.07) is 22.2. The smallest absolute Gasteiger partial charge is 0.272 e. The number of amides is 1. The van der Waals surface area contributed by atoms with Crippen LogP contribution in [-0.4, -0.2) is 58.8 Å². The Labute approximate surface area is 221 Å². The number of carbonyl (C=O) groups excluding carboxylic acids is 1. The number of methoxy groups -OCH3 is 1. The third kappa shape index (κ3) is 4.95. The molecule has 1 aliphatic heterocycles. The third-order valence-electron chi connectivity index (χ3n) is 6.90. The molecular weight excluding hydrogens is 482 g/mol.